The molecule has 1 aliphatic heterocycles. The van der Waals surface area contributed by atoms with Gasteiger partial charge in [0.1, 0.15) is 11.2 Å². The molecule has 0 saturated carbocycles. The predicted molar refractivity (Wildman–Crippen MR) is 209 cm³/mol. The van der Waals surface area contributed by atoms with Crippen molar-refractivity contribution in [2.75, 3.05) is 4.90 Å². The van der Waals surface area contributed by atoms with Gasteiger partial charge in [-0.2, -0.15) is 9.97 Å². The third-order valence-corrected chi connectivity index (χ3v) is 11.0. The molecule has 5 nitrogen and oxygen atoms in total. The number of hydrogen-bond donors (Lipinski definition) is 0. The zero-order valence-corrected chi connectivity index (χ0v) is 27.9. The first-order valence-electron chi connectivity index (χ1n) is 16.9. The quantitative estimate of drug-likeness (QED) is 0.174. The first-order chi connectivity index (χ1) is 25.3. The van der Waals surface area contributed by atoms with Gasteiger partial charge < -0.3 is 4.42 Å². The van der Waals surface area contributed by atoms with E-state index in [1.54, 1.807) is 11.8 Å². The first-order valence-corrected chi connectivity index (χ1v) is 17.8. The molecule has 0 saturated heterocycles. The Morgan fingerprint density at radius 1 is 0.392 bits per heavy atom. The fourth-order valence-corrected chi connectivity index (χ4v) is 8.61. The average Bonchev–Trinajstić information content (AvgIpc) is 3.55. The highest BCUT2D eigenvalue weighted by Gasteiger charge is 2.29. The molecule has 0 N–H and O–H groups in total. The molecule has 11 rings (SSSR count). The van der Waals surface area contributed by atoms with E-state index in [2.05, 4.69) is 102 Å². The maximum Gasteiger partial charge on any atom is 0.238 e. The van der Waals surface area contributed by atoms with Gasteiger partial charge in [-0.1, -0.05) is 133 Å². The lowest BCUT2D eigenvalue weighted by atomic mass is 9.93. The lowest BCUT2D eigenvalue weighted by Crippen LogP contribution is -2.18. The van der Waals surface area contributed by atoms with E-state index in [4.69, 9.17) is 19.4 Å². The van der Waals surface area contributed by atoms with Crippen molar-refractivity contribution in [1.29, 1.82) is 0 Å². The summed E-state index contributed by atoms with van der Waals surface area (Å²) in [6, 6.07) is 55.0. The summed E-state index contributed by atoms with van der Waals surface area (Å²) < 4.78 is 6.76. The molecule has 0 unspecified atom stereocenters. The molecule has 3 heterocycles. The van der Waals surface area contributed by atoms with Crippen LogP contribution in [0.15, 0.2) is 172 Å². The molecule has 10 aromatic rings. The molecule has 6 heteroatoms. The van der Waals surface area contributed by atoms with Gasteiger partial charge in [0.15, 0.2) is 11.6 Å². The smallest absolute Gasteiger partial charge is 0.238 e. The van der Waals surface area contributed by atoms with Crippen molar-refractivity contribution in [3.63, 3.8) is 0 Å². The number of anilines is 3. The number of furan rings is 1. The number of hydrogen-bond acceptors (Lipinski definition) is 6. The molecule has 8 aromatic carbocycles. The van der Waals surface area contributed by atoms with Crippen LogP contribution in [0.25, 0.3) is 77.0 Å². The standard InChI is InChI=1S/C45H26N4OS/c1-3-13-27(14-4-1)43-46-44(28-15-5-2-6-16-28)48-45(47-43)49-37-21-11-12-22-41(37)51-42-25-36-35-23-33-31-19-9-7-17-29(31)30-18-8-10-20-32(30)34(33)24-39(35)50-40(36)26-38(42)49/h1-26H. The summed E-state index contributed by atoms with van der Waals surface area (Å²) in [5.74, 6) is 1.79. The number of aromatic nitrogens is 3. The molecule has 0 bridgehead atoms. The van der Waals surface area contributed by atoms with E-state index in [1.807, 2.05) is 60.7 Å². The molecule has 238 valence electrons. The topological polar surface area (TPSA) is 55.1 Å². The van der Waals surface area contributed by atoms with Gasteiger partial charge in [0, 0.05) is 37.8 Å². The maximum atomic E-state index is 6.76. The van der Waals surface area contributed by atoms with Crippen LogP contribution in [0, 0.1) is 0 Å². The second-order valence-electron chi connectivity index (χ2n) is 12.8. The van der Waals surface area contributed by atoms with Gasteiger partial charge in [-0.05, 0) is 62.6 Å². The van der Waals surface area contributed by atoms with Gasteiger partial charge in [-0.25, -0.2) is 4.98 Å². The van der Waals surface area contributed by atoms with Gasteiger partial charge in [0.25, 0.3) is 0 Å². The van der Waals surface area contributed by atoms with Crippen LogP contribution in [-0.4, -0.2) is 15.0 Å². The largest absolute Gasteiger partial charge is 0.456 e. The van der Waals surface area contributed by atoms with E-state index in [1.165, 1.54) is 32.3 Å². The summed E-state index contributed by atoms with van der Waals surface area (Å²) >= 11 is 1.76. The summed E-state index contributed by atoms with van der Waals surface area (Å²) in [5.41, 5.74) is 5.52. The Hall–Kier alpha value is -6.50. The maximum absolute atomic E-state index is 6.76. The second-order valence-corrected chi connectivity index (χ2v) is 13.9. The van der Waals surface area contributed by atoms with Crippen molar-refractivity contribution in [3.05, 3.63) is 158 Å². The van der Waals surface area contributed by atoms with E-state index in [0.717, 1.165) is 54.2 Å². The predicted octanol–water partition coefficient (Wildman–Crippen LogP) is 12.5. The van der Waals surface area contributed by atoms with Crippen molar-refractivity contribution < 1.29 is 4.42 Å². The Morgan fingerprint density at radius 2 is 0.902 bits per heavy atom. The van der Waals surface area contributed by atoms with Crippen molar-refractivity contribution in [2.24, 2.45) is 0 Å². The van der Waals surface area contributed by atoms with E-state index in [0.29, 0.717) is 17.6 Å². The number of para-hydroxylation sites is 1. The highest BCUT2D eigenvalue weighted by molar-refractivity contribution is 7.99. The Labute approximate surface area is 296 Å². The Bertz CT molecular complexity index is 2960. The van der Waals surface area contributed by atoms with Gasteiger partial charge in [-0.3, -0.25) is 4.90 Å². The molecule has 0 aliphatic carbocycles. The lowest BCUT2D eigenvalue weighted by molar-refractivity contribution is 0.669. The Kier molecular flexibility index (Phi) is 6.12. The van der Waals surface area contributed by atoms with E-state index < -0.39 is 0 Å². The average molecular weight is 671 g/mol. The summed E-state index contributed by atoms with van der Waals surface area (Å²) in [6.07, 6.45) is 0. The van der Waals surface area contributed by atoms with E-state index in [9.17, 15) is 0 Å². The molecular weight excluding hydrogens is 645 g/mol. The number of benzene rings is 8. The number of rotatable bonds is 3. The highest BCUT2D eigenvalue weighted by atomic mass is 32.2. The van der Waals surface area contributed by atoms with Crippen molar-refractivity contribution in [1.82, 2.24) is 15.0 Å². The minimum absolute atomic E-state index is 0.552. The Morgan fingerprint density at radius 3 is 1.55 bits per heavy atom. The Balaban J connectivity index is 1.17. The summed E-state index contributed by atoms with van der Waals surface area (Å²) in [4.78, 5) is 19.6. The third kappa shape index (κ3) is 4.40. The molecule has 51 heavy (non-hydrogen) atoms. The monoisotopic (exact) mass is 670 g/mol. The zero-order chi connectivity index (χ0) is 33.5. The van der Waals surface area contributed by atoms with Crippen LogP contribution in [0.2, 0.25) is 0 Å². The van der Waals surface area contributed by atoms with Crippen LogP contribution in [0.1, 0.15) is 0 Å². The minimum atomic E-state index is 0.552. The normalized spacial score (nSPS) is 12.6. The van der Waals surface area contributed by atoms with Crippen LogP contribution < -0.4 is 4.90 Å². The molecule has 1 aliphatic rings. The van der Waals surface area contributed by atoms with Crippen LogP contribution in [0.3, 0.4) is 0 Å². The molecule has 0 radical (unpaired) electrons. The first kappa shape index (κ1) is 28.3. The number of fused-ring (bicyclic) bond motifs is 11. The fourth-order valence-electron chi connectivity index (χ4n) is 7.53. The van der Waals surface area contributed by atoms with Gasteiger partial charge in [-0.15, -0.1) is 0 Å². The third-order valence-electron chi connectivity index (χ3n) is 9.87. The van der Waals surface area contributed by atoms with Gasteiger partial charge >= 0.3 is 0 Å². The molecule has 2 aromatic heterocycles. The van der Waals surface area contributed by atoms with Crippen molar-refractivity contribution in [2.45, 2.75) is 9.79 Å². The van der Waals surface area contributed by atoms with E-state index in [-0.39, 0.29) is 0 Å². The molecule has 0 spiro atoms. The molecule has 0 fully saturated rings. The minimum Gasteiger partial charge on any atom is -0.456 e. The van der Waals surface area contributed by atoms with Crippen molar-refractivity contribution >= 4 is 83.3 Å². The van der Waals surface area contributed by atoms with E-state index >= 15 is 0 Å². The lowest BCUT2D eigenvalue weighted by Gasteiger charge is -2.31. The highest BCUT2D eigenvalue weighted by Crippen LogP contribution is 2.53. The molecule has 0 atom stereocenters. The summed E-state index contributed by atoms with van der Waals surface area (Å²) in [7, 11) is 0. The van der Waals surface area contributed by atoms with Crippen LogP contribution >= 0.6 is 11.8 Å². The van der Waals surface area contributed by atoms with Gasteiger partial charge in [0.2, 0.25) is 5.95 Å². The molecular formula is C45H26N4OS. The van der Waals surface area contributed by atoms with Crippen LogP contribution in [-0.2, 0) is 0 Å². The van der Waals surface area contributed by atoms with Gasteiger partial charge in [0.05, 0.1) is 11.4 Å². The molecule has 0 amide bonds. The number of nitrogens with zero attached hydrogens (tertiary/aromatic N) is 4. The fraction of sp³-hybridized carbons (Fsp3) is 0. The second kappa shape index (κ2) is 11.0. The summed E-state index contributed by atoms with van der Waals surface area (Å²) in [6.45, 7) is 0. The van der Waals surface area contributed by atoms with Crippen LogP contribution in [0.5, 0.6) is 0 Å². The van der Waals surface area contributed by atoms with Crippen LogP contribution in [0.4, 0.5) is 17.3 Å². The SMILES string of the molecule is c1ccc(-c2nc(-c3ccccc3)nc(N3c4ccccc4Sc4cc5c(cc43)oc3cc4c6ccccc6c6ccccc6c4cc35)n2)cc1. The summed E-state index contributed by atoms with van der Waals surface area (Å²) in [5, 5.41) is 9.58. The van der Waals surface area contributed by atoms with Crippen molar-refractivity contribution in [3.8, 4) is 22.8 Å². The zero-order valence-electron chi connectivity index (χ0n) is 27.1.